The standard InChI is InChI=1S/C10H9BrN4O3S/c1-5-14-15-10(19-5)13-8(16)4-12-9(17)6-2-3-7(11)18-6/h2-3H,4H2,1H3,(H,12,17)(H,13,15,16). The van der Waals surface area contributed by atoms with Crippen molar-refractivity contribution in [2.45, 2.75) is 6.92 Å². The predicted octanol–water partition coefficient (Wildman–Crippen LogP) is 1.57. The third-order valence-corrected chi connectivity index (χ3v) is 3.16. The van der Waals surface area contributed by atoms with E-state index < -0.39 is 5.91 Å². The van der Waals surface area contributed by atoms with Crippen LogP contribution in [0.4, 0.5) is 5.13 Å². The van der Waals surface area contributed by atoms with Gasteiger partial charge in [-0.25, -0.2) is 0 Å². The molecule has 2 aromatic heterocycles. The maximum atomic E-state index is 11.6. The van der Waals surface area contributed by atoms with Crippen LogP contribution in [0.3, 0.4) is 0 Å². The van der Waals surface area contributed by atoms with Crippen molar-refractivity contribution < 1.29 is 14.0 Å². The summed E-state index contributed by atoms with van der Waals surface area (Å²) in [6.45, 7) is 1.61. The summed E-state index contributed by atoms with van der Waals surface area (Å²) in [5.41, 5.74) is 0. The van der Waals surface area contributed by atoms with Gasteiger partial charge in [0.2, 0.25) is 11.0 Å². The van der Waals surface area contributed by atoms with Gasteiger partial charge in [-0.3, -0.25) is 14.9 Å². The maximum Gasteiger partial charge on any atom is 0.287 e. The van der Waals surface area contributed by atoms with E-state index in [1.165, 1.54) is 17.4 Å². The molecule has 19 heavy (non-hydrogen) atoms. The van der Waals surface area contributed by atoms with Crippen LogP contribution in [0, 0.1) is 6.92 Å². The zero-order valence-electron chi connectivity index (χ0n) is 9.77. The third kappa shape index (κ3) is 3.86. The largest absolute Gasteiger partial charge is 0.444 e. The van der Waals surface area contributed by atoms with E-state index >= 15 is 0 Å². The van der Waals surface area contributed by atoms with Crippen LogP contribution in [0.5, 0.6) is 0 Å². The lowest BCUT2D eigenvalue weighted by molar-refractivity contribution is -0.115. The highest BCUT2D eigenvalue weighted by Crippen LogP contribution is 2.14. The molecule has 2 heterocycles. The van der Waals surface area contributed by atoms with E-state index in [-0.39, 0.29) is 18.2 Å². The highest BCUT2D eigenvalue weighted by atomic mass is 79.9. The molecule has 0 fully saturated rings. The van der Waals surface area contributed by atoms with Crippen molar-refractivity contribution >= 4 is 44.2 Å². The number of hydrogen-bond donors (Lipinski definition) is 2. The average molecular weight is 345 g/mol. The molecule has 2 rings (SSSR count). The molecular formula is C10H9BrN4O3S. The van der Waals surface area contributed by atoms with Crippen molar-refractivity contribution in [2.75, 3.05) is 11.9 Å². The van der Waals surface area contributed by atoms with Crippen LogP contribution in [0.25, 0.3) is 0 Å². The average Bonchev–Trinajstić information content (AvgIpc) is 2.95. The van der Waals surface area contributed by atoms with Gasteiger partial charge >= 0.3 is 0 Å². The van der Waals surface area contributed by atoms with E-state index in [9.17, 15) is 9.59 Å². The van der Waals surface area contributed by atoms with Gasteiger partial charge in [-0.05, 0) is 35.0 Å². The first kappa shape index (κ1) is 13.7. The molecule has 2 amide bonds. The molecule has 100 valence electrons. The summed E-state index contributed by atoms with van der Waals surface area (Å²) < 4.78 is 5.50. The molecule has 0 saturated carbocycles. The Balaban J connectivity index is 1.82. The first-order valence-corrected chi connectivity index (χ1v) is 6.79. The molecule has 0 aliphatic rings. The fraction of sp³-hybridized carbons (Fsp3) is 0.200. The van der Waals surface area contributed by atoms with E-state index in [0.29, 0.717) is 9.80 Å². The Morgan fingerprint density at radius 1 is 1.42 bits per heavy atom. The van der Waals surface area contributed by atoms with Gasteiger partial charge in [0.05, 0.1) is 6.54 Å². The summed E-state index contributed by atoms with van der Waals surface area (Å²) in [5.74, 6) is -0.712. The first-order chi connectivity index (χ1) is 9.04. The lowest BCUT2D eigenvalue weighted by atomic mass is 10.4. The van der Waals surface area contributed by atoms with Crippen LogP contribution in [0.15, 0.2) is 21.2 Å². The minimum Gasteiger partial charge on any atom is -0.444 e. The van der Waals surface area contributed by atoms with Crippen LogP contribution in [-0.4, -0.2) is 28.6 Å². The number of rotatable bonds is 4. The van der Waals surface area contributed by atoms with Crippen molar-refractivity contribution in [3.63, 3.8) is 0 Å². The van der Waals surface area contributed by atoms with Crippen LogP contribution in [0.2, 0.25) is 0 Å². The lowest BCUT2D eigenvalue weighted by Gasteiger charge is -2.02. The SMILES string of the molecule is Cc1nnc(NC(=O)CNC(=O)c2ccc(Br)o2)s1. The second-order valence-electron chi connectivity index (χ2n) is 3.46. The number of aromatic nitrogens is 2. The van der Waals surface area contributed by atoms with Crippen molar-refractivity contribution in [3.8, 4) is 0 Å². The Hall–Kier alpha value is -1.74. The summed E-state index contributed by atoms with van der Waals surface area (Å²) in [4.78, 5) is 23.1. The molecule has 0 aromatic carbocycles. The minimum atomic E-state index is -0.464. The van der Waals surface area contributed by atoms with Crippen LogP contribution < -0.4 is 10.6 Å². The molecule has 0 bridgehead atoms. The third-order valence-electron chi connectivity index (χ3n) is 1.98. The van der Waals surface area contributed by atoms with Gasteiger partial charge in [0.15, 0.2) is 10.4 Å². The van der Waals surface area contributed by atoms with Crippen LogP contribution >= 0.6 is 27.3 Å². The molecule has 0 radical (unpaired) electrons. The smallest absolute Gasteiger partial charge is 0.287 e. The van der Waals surface area contributed by atoms with Crippen molar-refractivity contribution in [1.29, 1.82) is 0 Å². The van der Waals surface area contributed by atoms with Gasteiger partial charge in [0.1, 0.15) is 5.01 Å². The number of amides is 2. The molecule has 0 aliphatic carbocycles. The number of anilines is 1. The van der Waals surface area contributed by atoms with E-state index in [4.69, 9.17) is 4.42 Å². The van der Waals surface area contributed by atoms with Gasteiger partial charge in [-0.2, -0.15) is 0 Å². The number of furan rings is 1. The van der Waals surface area contributed by atoms with Gasteiger partial charge in [-0.1, -0.05) is 11.3 Å². The maximum absolute atomic E-state index is 11.6. The Kier molecular flexibility index (Phi) is 4.27. The van der Waals surface area contributed by atoms with E-state index in [2.05, 4.69) is 36.8 Å². The molecule has 2 aromatic rings. The van der Waals surface area contributed by atoms with Crippen molar-refractivity contribution in [2.24, 2.45) is 0 Å². The fourth-order valence-electron chi connectivity index (χ4n) is 1.19. The number of aryl methyl sites for hydroxylation is 1. The topological polar surface area (TPSA) is 97.1 Å². The molecular weight excluding hydrogens is 336 g/mol. The molecule has 2 N–H and O–H groups in total. The van der Waals surface area contributed by atoms with E-state index in [1.807, 2.05) is 0 Å². The van der Waals surface area contributed by atoms with Gasteiger partial charge < -0.3 is 9.73 Å². The second kappa shape index (κ2) is 5.93. The quantitative estimate of drug-likeness (QED) is 0.877. The van der Waals surface area contributed by atoms with Gasteiger partial charge in [-0.15, -0.1) is 10.2 Å². The Labute approximate surface area is 120 Å². The Morgan fingerprint density at radius 2 is 2.21 bits per heavy atom. The highest BCUT2D eigenvalue weighted by molar-refractivity contribution is 9.10. The normalized spacial score (nSPS) is 10.2. The van der Waals surface area contributed by atoms with Crippen molar-refractivity contribution in [1.82, 2.24) is 15.5 Å². The summed E-state index contributed by atoms with van der Waals surface area (Å²) >= 11 is 4.35. The van der Waals surface area contributed by atoms with Crippen LogP contribution in [0.1, 0.15) is 15.6 Å². The summed E-state index contributed by atoms with van der Waals surface area (Å²) in [7, 11) is 0. The number of carbonyl (C=O) groups is 2. The predicted molar refractivity (Wildman–Crippen MR) is 72.0 cm³/mol. The number of carbonyl (C=O) groups excluding carboxylic acids is 2. The van der Waals surface area contributed by atoms with E-state index in [1.54, 1.807) is 13.0 Å². The highest BCUT2D eigenvalue weighted by Gasteiger charge is 2.12. The number of nitrogens with one attached hydrogen (secondary N) is 2. The van der Waals surface area contributed by atoms with Gasteiger partial charge in [0.25, 0.3) is 5.91 Å². The molecule has 0 aliphatic heterocycles. The Bertz CT molecular complexity index is 609. The van der Waals surface area contributed by atoms with Crippen LogP contribution in [-0.2, 0) is 4.79 Å². The lowest BCUT2D eigenvalue weighted by Crippen LogP contribution is -2.32. The molecule has 0 saturated heterocycles. The first-order valence-electron chi connectivity index (χ1n) is 5.18. The summed E-state index contributed by atoms with van der Waals surface area (Å²) in [5, 5.41) is 13.6. The summed E-state index contributed by atoms with van der Waals surface area (Å²) in [6, 6.07) is 3.10. The van der Waals surface area contributed by atoms with E-state index in [0.717, 1.165) is 5.01 Å². The molecule has 9 heteroatoms. The monoisotopic (exact) mass is 344 g/mol. The zero-order valence-corrected chi connectivity index (χ0v) is 12.2. The van der Waals surface area contributed by atoms with Crippen molar-refractivity contribution in [3.05, 3.63) is 27.6 Å². The molecule has 0 atom stereocenters. The summed E-state index contributed by atoms with van der Waals surface area (Å²) in [6.07, 6.45) is 0. The number of nitrogens with zero attached hydrogens (tertiary/aromatic N) is 2. The second-order valence-corrected chi connectivity index (χ2v) is 5.42. The Morgan fingerprint density at radius 3 is 2.79 bits per heavy atom. The zero-order chi connectivity index (χ0) is 13.8. The van der Waals surface area contributed by atoms with Gasteiger partial charge in [0, 0.05) is 0 Å². The fourth-order valence-corrected chi connectivity index (χ4v) is 2.11. The number of halogens is 1. The number of hydrogen-bond acceptors (Lipinski definition) is 6. The molecule has 0 unspecified atom stereocenters. The molecule has 7 nitrogen and oxygen atoms in total. The molecule has 0 spiro atoms. The minimum absolute atomic E-state index is 0.131.